The molecule has 0 radical (unpaired) electrons. The Kier molecular flexibility index (Phi) is 2.83. The summed E-state index contributed by atoms with van der Waals surface area (Å²) in [6, 6.07) is 6.83. The number of anilines is 1. The lowest BCUT2D eigenvalue weighted by molar-refractivity contribution is 0.441. The second-order valence-electron chi connectivity index (χ2n) is 4.31. The zero-order valence-corrected chi connectivity index (χ0v) is 10.7. The number of nitrogens with zero attached hydrogens (tertiary/aromatic N) is 2. The maximum atomic E-state index is 11.4. The Labute approximate surface area is 113 Å². The van der Waals surface area contributed by atoms with E-state index in [-0.39, 0.29) is 6.01 Å². The van der Waals surface area contributed by atoms with Crippen molar-refractivity contribution in [3.63, 3.8) is 0 Å². The van der Waals surface area contributed by atoms with E-state index in [4.69, 9.17) is 14.9 Å². The summed E-state index contributed by atoms with van der Waals surface area (Å²) in [5.41, 5.74) is 6.88. The highest BCUT2D eigenvalue weighted by Crippen LogP contribution is 2.24. The summed E-state index contributed by atoms with van der Waals surface area (Å²) in [6.45, 7) is 1.85. The van der Waals surface area contributed by atoms with Gasteiger partial charge in [-0.15, -0.1) is 0 Å². The highest BCUT2D eigenvalue weighted by molar-refractivity contribution is 5.81. The Bertz CT molecular complexity index is 825. The topological polar surface area (TPSA) is 91.2 Å². The van der Waals surface area contributed by atoms with Gasteiger partial charge in [-0.3, -0.25) is 0 Å². The molecular formula is C14H11N3O3. The van der Waals surface area contributed by atoms with E-state index in [9.17, 15) is 4.79 Å². The molecular weight excluding hydrogens is 258 g/mol. The fraction of sp³-hybridized carbons (Fsp3) is 0.0714. The molecule has 0 bridgehead atoms. The number of hydrogen-bond donors (Lipinski definition) is 1. The largest absolute Gasteiger partial charge is 0.424 e. The molecule has 6 nitrogen and oxygen atoms in total. The van der Waals surface area contributed by atoms with E-state index >= 15 is 0 Å². The van der Waals surface area contributed by atoms with Crippen molar-refractivity contribution < 1.29 is 9.15 Å². The zero-order valence-electron chi connectivity index (χ0n) is 10.7. The van der Waals surface area contributed by atoms with Crippen molar-refractivity contribution in [2.75, 3.05) is 5.73 Å². The van der Waals surface area contributed by atoms with E-state index in [0.717, 1.165) is 10.9 Å². The predicted molar refractivity (Wildman–Crippen MR) is 73.7 cm³/mol. The number of nitrogens with two attached hydrogens (primary N) is 1. The van der Waals surface area contributed by atoms with E-state index in [1.807, 2.05) is 13.0 Å². The standard InChI is InChI=1S/C14H11N3O3/c1-8-4-13(18)20-12-5-10(2-3-11(8)12)19-14-16-6-9(15)7-17-14/h2-7H,15H2,1H3. The maximum Gasteiger partial charge on any atom is 0.336 e. The van der Waals surface area contributed by atoms with Crippen molar-refractivity contribution >= 4 is 16.7 Å². The van der Waals surface area contributed by atoms with Crippen LogP contribution >= 0.6 is 0 Å². The molecule has 0 fully saturated rings. The average molecular weight is 269 g/mol. The molecule has 0 amide bonds. The smallest absolute Gasteiger partial charge is 0.336 e. The predicted octanol–water partition coefficient (Wildman–Crippen LogP) is 2.27. The lowest BCUT2D eigenvalue weighted by Crippen LogP contribution is -1.98. The lowest BCUT2D eigenvalue weighted by atomic mass is 10.1. The van der Waals surface area contributed by atoms with Gasteiger partial charge in [0.05, 0.1) is 18.1 Å². The summed E-state index contributed by atoms with van der Waals surface area (Å²) >= 11 is 0. The minimum absolute atomic E-state index is 0.175. The monoisotopic (exact) mass is 269 g/mol. The van der Waals surface area contributed by atoms with Gasteiger partial charge in [0.25, 0.3) is 0 Å². The molecule has 2 aromatic heterocycles. The van der Waals surface area contributed by atoms with Crippen LogP contribution in [0.2, 0.25) is 0 Å². The first-order chi connectivity index (χ1) is 9.61. The van der Waals surface area contributed by atoms with E-state index < -0.39 is 5.63 Å². The van der Waals surface area contributed by atoms with Crippen LogP contribution < -0.4 is 16.1 Å². The molecule has 20 heavy (non-hydrogen) atoms. The molecule has 0 aliphatic heterocycles. The molecule has 6 heteroatoms. The van der Waals surface area contributed by atoms with Crippen LogP contribution in [0.3, 0.4) is 0 Å². The Balaban J connectivity index is 2.00. The molecule has 100 valence electrons. The first kappa shape index (κ1) is 12.2. The number of aryl methyl sites for hydroxylation is 1. The first-order valence-electron chi connectivity index (χ1n) is 5.92. The fourth-order valence-corrected chi connectivity index (χ4v) is 1.85. The number of hydrogen-bond acceptors (Lipinski definition) is 6. The molecule has 3 rings (SSSR count). The van der Waals surface area contributed by atoms with Crippen molar-refractivity contribution in [1.82, 2.24) is 9.97 Å². The SMILES string of the molecule is Cc1cc(=O)oc2cc(Oc3ncc(N)cn3)ccc12. The number of fused-ring (bicyclic) bond motifs is 1. The molecule has 3 aromatic rings. The summed E-state index contributed by atoms with van der Waals surface area (Å²) in [5, 5.41) is 0.857. The van der Waals surface area contributed by atoms with Gasteiger partial charge in [0.1, 0.15) is 11.3 Å². The van der Waals surface area contributed by atoms with Crippen LogP contribution in [0.15, 0.2) is 45.9 Å². The molecule has 0 aliphatic rings. The molecule has 2 heterocycles. The van der Waals surface area contributed by atoms with Crippen molar-refractivity contribution in [3.05, 3.63) is 52.6 Å². The van der Waals surface area contributed by atoms with Crippen molar-refractivity contribution in [2.45, 2.75) is 6.92 Å². The number of nitrogen functional groups attached to an aromatic ring is 1. The molecule has 2 N–H and O–H groups in total. The Morgan fingerprint density at radius 1 is 1.20 bits per heavy atom. The van der Waals surface area contributed by atoms with Gasteiger partial charge >= 0.3 is 11.6 Å². The van der Waals surface area contributed by atoms with E-state index in [1.54, 1.807) is 12.1 Å². The number of ether oxygens (including phenoxy) is 1. The number of rotatable bonds is 2. The van der Waals surface area contributed by atoms with Gasteiger partial charge in [-0.1, -0.05) is 0 Å². The highest BCUT2D eigenvalue weighted by Gasteiger charge is 2.06. The van der Waals surface area contributed by atoms with Crippen molar-refractivity contribution in [3.8, 4) is 11.8 Å². The second-order valence-corrected chi connectivity index (χ2v) is 4.31. The maximum absolute atomic E-state index is 11.4. The van der Waals surface area contributed by atoms with Crippen LogP contribution in [0, 0.1) is 6.92 Å². The summed E-state index contributed by atoms with van der Waals surface area (Å²) in [6.07, 6.45) is 2.90. The summed E-state index contributed by atoms with van der Waals surface area (Å²) in [7, 11) is 0. The number of benzene rings is 1. The third-order valence-corrected chi connectivity index (χ3v) is 2.78. The van der Waals surface area contributed by atoms with Crippen LogP contribution in [0.5, 0.6) is 11.8 Å². The minimum atomic E-state index is -0.393. The minimum Gasteiger partial charge on any atom is -0.424 e. The quantitative estimate of drug-likeness (QED) is 0.717. The van der Waals surface area contributed by atoms with Gasteiger partial charge < -0.3 is 14.9 Å². The van der Waals surface area contributed by atoms with Crippen LogP contribution in [0.1, 0.15) is 5.56 Å². The third kappa shape index (κ3) is 2.31. The molecule has 0 spiro atoms. The summed E-state index contributed by atoms with van der Waals surface area (Å²) in [4.78, 5) is 19.2. The normalized spacial score (nSPS) is 10.7. The summed E-state index contributed by atoms with van der Waals surface area (Å²) < 4.78 is 10.6. The molecule has 0 saturated carbocycles. The molecule has 0 saturated heterocycles. The van der Waals surface area contributed by atoms with E-state index in [0.29, 0.717) is 17.0 Å². The van der Waals surface area contributed by atoms with Gasteiger partial charge in [0, 0.05) is 17.5 Å². The molecule has 0 unspecified atom stereocenters. The average Bonchev–Trinajstić information content (AvgIpc) is 2.41. The van der Waals surface area contributed by atoms with Gasteiger partial charge in [0.15, 0.2) is 0 Å². The van der Waals surface area contributed by atoms with Gasteiger partial charge in [-0.25, -0.2) is 14.8 Å². The second kappa shape index (κ2) is 4.65. The van der Waals surface area contributed by atoms with Crippen molar-refractivity contribution in [2.24, 2.45) is 0 Å². The molecule has 0 aliphatic carbocycles. The Hall–Kier alpha value is -2.89. The van der Waals surface area contributed by atoms with E-state index in [2.05, 4.69) is 9.97 Å². The molecule has 0 atom stereocenters. The summed E-state index contributed by atoms with van der Waals surface area (Å²) in [5.74, 6) is 0.482. The lowest BCUT2D eigenvalue weighted by Gasteiger charge is -2.05. The van der Waals surface area contributed by atoms with Crippen LogP contribution in [-0.4, -0.2) is 9.97 Å². The van der Waals surface area contributed by atoms with Gasteiger partial charge in [-0.2, -0.15) is 0 Å². The zero-order chi connectivity index (χ0) is 14.1. The van der Waals surface area contributed by atoms with E-state index in [1.165, 1.54) is 18.5 Å². The first-order valence-corrected chi connectivity index (χ1v) is 5.92. The highest BCUT2D eigenvalue weighted by atomic mass is 16.5. The van der Waals surface area contributed by atoms with Crippen LogP contribution in [-0.2, 0) is 0 Å². The van der Waals surface area contributed by atoms with Crippen LogP contribution in [0.4, 0.5) is 5.69 Å². The van der Waals surface area contributed by atoms with Crippen LogP contribution in [0.25, 0.3) is 11.0 Å². The Morgan fingerprint density at radius 2 is 1.95 bits per heavy atom. The fourth-order valence-electron chi connectivity index (χ4n) is 1.85. The third-order valence-electron chi connectivity index (χ3n) is 2.78. The molecule has 1 aromatic carbocycles. The Morgan fingerprint density at radius 3 is 2.70 bits per heavy atom. The van der Waals surface area contributed by atoms with Gasteiger partial charge in [0.2, 0.25) is 0 Å². The number of aromatic nitrogens is 2. The van der Waals surface area contributed by atoms with Crippen molar-refractivity contribution in [1.29, 1.82) is 0 Å². The van der Waals surface area contributed by atoms with Gasteiger partial charge in [-0.05, 0) is 24.6 Å².